The number of urea groups is 1. The summed E-state index contributed by atoms with van der Waals surface area (Å²) < 4.78 is 16.7. The molecule has 2 aromatic rings. The number of ether oxygens (including phenoxy) is 3. The van der Waals surface area contributed by atoms with Gasteiger partial charge in [-0.2, -0.15) is 5.26 Å². The summed E-state index contributed by atoms with van der Waals surface area (Å²) in [5, 5.41) is 21.5. The van der Waals surface area contributed by atoms with Gasteiger partial charge in [0.1, 0.15) is 29.0 Å². The molecule has 1 atom stereocenters. The van der Waals surface area contributed by atoms with Crippen molar-refractivity contribution in [1.82, 2.24) is 25.8 Å². The Balaban J connectivity index is 1.31. The third kappa shape index (κ3) is 10.6. The number of benzene rings is 1. The van der Waals surface area contributed by atoms with E-state index in [-0.39, 0.29) is 24.2 Å². The highest BCUT2D eigenvalue weighted by atomic mass is 16.6. The maximum atomic E-state index is 13.9. The van der Waals surface area contributed by atoms with Crippen LogP contribution in [0.15, 0.2) is 66.2 Å². The van der Waals surface area contributed by atoms with Crippen LogP contribution >= 0.6 is 0 Å². The SMILES string of the molecule is CN/C=C(\OC)C1=CC[C@H]1N(C(=O)NCc1ccc(OCCCNC(=O)OC(C)(C)C)cc1)C1CCC(Nc2ccc(C#N)cn2)CC1. The predicted molar refractivity (Wildman–Crippen MR) is 184 cm³/mol. The number of pyridine rings is 1. The quantitative estimate of drug-likeness (QED) is 0.150. The molecule has 12 nitrogen and oxygen atoms in total. The van der Waals surface area contributed by atoms with Gasteiger partial charge in [0.2, 0.25) is 0 Å². The second kappa shape index (κ2) is 17.3. The monoisotopic (exact) mass is 659 g/mol. The molecule has 1 saturated carbocycles. The first-order valence-corrected chi connectivity index (χ1v) is 16.6. The molecular formula is C36H49N7O5. The van der Waals surface area contributed by atoms with Gasteiger partial charge in [0.05, 0.1) is 25.3 Å². The highest BCUT2D eigenvalue weighted by molar-refractivity contribution is 5.76. The van der Waals surface area contributed by atoms with E-state index in [1.807, 2.05) is 69.3 Å². The molecule has 1 aromatic carbocycles. The van der Waals surface area contributed by atoms with Crippen molar-refractivity contribution in [1.29, 1.82) is 5.26 Å². The summed E-state index contributed by atoms with van der Waals surface area (Å²) in [6.45, 7) is 6.77. The minimum Gasteiger partial charge on any atom is -0.495 e. The van der Waals surface area contributed by atoms with E-state index in [9.17, 15) is 9.59 Å². The summed E-state index contributed by atoms with van der Waals surface area (Å²) in [6, 6.07) is 13.5. The molecule has 3 amide bonds. The molecule has 1 fully saturated rings. The number of alkyl carbamates (subject to hydrolysis) is 1. The van der Waals surface area contributed by atoms with Crippen molar-refractivity contribution >= 4 is 17.9 Å². The van der Waals surface area contributed by atoms with E-state index in [0.29, 0.717) is 31.7 Å². The van der Waals surface area contributed by atoms with Crippen molar-refractivity contribution in [3.63, 3.8) is 0 Å². The molecule has 0 radical (unpaired) electrons. The number of rotatable bonds is 14. The lowest BCUT2D eigenvalue weighted by atomic mass is 9.84. The van der Waals surface area contributed by atoms with Gasteiger partial charge in [-0.15, -0.1) is 0 Å². The highest BCUT2D eigenvalue weighted by Crippen LogP contribution is 2.36. The Kier molecular flexibility index (Phi) is 12.9. The van der Waals surface area contributed by atoms with Crippen LogP contribution in [-0.2, 0) is 16.0 Å². The molecule has 12 heteroatoms. The normalized spacial score (nSPS) is 19.0. The Morgan fingerprint density at radius 1 is 1.08 bits per heavy atom. The highest BCUT2D eigenvalue weighted by Gasteiger charge is 2.39. The molecule has 0 saturated heterocycles. The van der Waals surface area contributed by atoms with Crippen LogP contribution in [0.25, 0.3) is 0 Å². The van der Waals surface area contributed by atoms with Crippen LogP contribution in [0.4, 0.5) is 15.4 Å². The van der Waals surface area contributed by atoms with E-state index < -0.39 is 11.7 Å². The number of carbonyl (C=O) groups is 2. The van der Waals surface area contributed by atoms with Crippen LogP contribution in [0.2, 0.25) is 0 Å². The fourth-order valence-corrected chi connectivity index (χ4v) is 5.81. The Morgan fingerprint density at radius 2 is 1.83 bits per heavy atom. The van der Waals surface area contributed by atoms with Gasteiger partial charge in [-0.05, 0) is 89.1 Å². The second-order valence-electron chi connectivity index (χ2n) is 12.9. The zero-order valence-corrected chi connectivity index (χ0v) is 28.7. The van der Waals surface area contributed by atoms with E-state index in [4.69, 9.17) is 19.5 Å². The van der Waals surface area contributed by atoms with Crippen molar-refractivity contribution in [2.45, 2.75) is 89.6 Å². The van der Waals surface area contributed by atoms with Crippen LogP contribution in [0, 0.1) is 11.3 Å². The maximum Gasteiger partial charge on any atom is 0.407 e. The summed E-state index contributed by atoms with van der Waals surface area (Å²) in [6.07, 6.45) is 9.97. The van der Waals surface area contributed by atoms with Crippen LogP contribution in [0.5, 0.6) is 5.75 Å². The molecule has 0 aliphatic heterocycles. The van der Waals surface area contributed by atoms with Gasteiger partial charge in [0.15, 0.2) is 0 Å². The van der Waals surface area contributed by atoms with Crippen molar-refractivity contribution in [2.24, 2.45) is 0 Å². The van der Waals surface area contributed by atoms with Gasteiger partial charge in [-0.1, -0.05) is 18.2 Å². The minimum absolute atomic E-state index is 0.0685. The molecular weight excluding hydrogens is 610 g/mol. The van der Waals surface area contributed by atoms with Gasteiger partial charge in [0.25, 0.3) is 0 Å². The number of carbonyl (C=O) groups excluding carboxylic acids is 2. The minimum atomic E-state index is -0.529. The van der Waals surface area contributed by atoms with Crippen molar-refractivity contribution in [3.8, 4) is 11.8 Å². The van der Waals surface area contributed by atoms with Crippen molar-refractivity contribution in [2.75, 3.05) is 32.6 Å². The van der Waals surface area contributed by atoms with Gasteiger partial charge < -0.3 is 40.4 Å². The van der Waals surface area contributed by atoms with Crippen molar-refractivity contribution < 1.29 is 23.8 Å². The average molecular weight is 660 g/mol. The molecule has 0 unspecified atom stereocenters. The van der Waals surface area contributed by atoms with Crippen LogP contribution < -0.4 is 26.0 Å². The summed E-state index contributed by atoms with van der Waals surface area (Å²) in [7, 11) is 3.47. The number of nitriles is 1. The Hall–Kier alpha value is -4.92. The van der Waals surface area contributed by atoms with E-state index in [1.165, 1.54) is 0 Å². The first-order chi connectivity index (χ1) is 23.1. The average Bonchev–Trinajstić information content (AvgIpc) is 3.05. The van der Waals surface area contributed by atoms with E-state index >= 15 is 0 Å². The first-order valence-electron chi connectivity index (χ1n) is 16.6. The second-order valence-corrected chi connectivity index (χ2v) is 12.9. The summed E-state index contributed by atoms with van der Waals surface area (Å²) in [5.41, 5.74) is 1.97. The summed E-state index contributed by atoms with van der Waals surface area (Å²) in [5.74, 6) is 2.20. The third-order valence-electron chi connectivity index (χ3n) is 8.23. The lowest BCUT2D eigenvalue weighted by Gasteiger charge is -2.45. The molecule has 4 N–H and O–H groups in total. The topological polar surface area (TPSA) is 150 Å². The molecule has 258 valence electrons. The van der Waals surface area contributed by atoms with E-state index in [1.54, 1.807) is 19.4 Å². The lowest BCUT2D eigenvalue weighted by molar-refractivity contribution is 0.0525. The third-order valence-corrected chi connectivity index (χ3v) is 8.23. The number of anilines is 1. The number of amides is 3. The molecule has 48 heavy (non-hydrogen) atoms. The summed E-state index contributed by atoms with van der Waals surface area (Å²) >= 11 is 0. The molecule has 1 heterocycles. The fourth-order valence-electron chi connectivity index (χ4n) is 5.81. The van der Waals surface area contributed by atoms with Crippen LogP contribution in [-0.4, -0.2) is 73.0 Å². The Labute approximate surface area is 283 Å². The zero-order chi connectivity index (χ0) is 34.5. The van der Waals surface area contributed by atoms with E-state index in [0.717, 1.165) is 60.6 Å². The van der Waals surface area contributed by atoms with Crippen LogP contribution in [0.1, 0.15) is 70.4 Å². The molecule has 1 aromatic heterocycles. The Morgan fingerprint density at radius 3 is 2.42 bits per heavy atom. The van der Waals surface area contributed by atoms with E-state index in [2.05, 4.69) is 38.4 Å². The van der Waals surface area contributed by atoms with Gasteiger partial charge in [-0.25, -0.2) is 14.6 Å². The smallest absolute Gasteiger partial charge is 0.407 e. The Bertz CT molecular complexity index is 1450. The molecule has 2 aliphatic rings. The van der Waals surface area contributed by atoms with Crippen LogP contribution in [0.3, 0.4) is 0 Å². The largest absolute Gasteiger partial charge is 0.495 e. The van der Waals surface area contributed by atoms with Gasteiger partial charge in [0, 0.05) is 50.2 Å². The number of hydrogen-bond acceptors (Lipinski definition) is 9. The molecule has 0 spiro atoms. The number of nitrogens with zero attached hydrogens (tertiary/aromatic N) is 3. The molecule has 0 bridgehead atoms. The predicted octanol–water partition coefficient (Wildman–Crippen LogP) is 5.59. The van der Waals surface area contributed by atoms with Gasteiger partial charge in [-0.3, -0.25) is 0 Å². The zero-order valence-electron chi connectivity index (χ0n) is 28.7. The number of hydrogen-bond donors (Lipinski definition) is 4. The molecule has 2 aliphatic carbocycles. The first kappa shape index (κ1) is 35.9. The lowest BCUT2D eigenvalue weighted by Crippen LogP contribution is -2.55. The molecule has 4 rings (SSSR count). The fraction of sp³-hybridized carbons (Fsp3) is 0.500. The van der Waals surface area contributed by atoms with Crippen molar-refractivity contribution in [3.05, 3.63) is 77.3 Å². The number of methoxy groups -OCH3 is 1. The van der Waals surface area contributed by atoms with Gasteiger partial charge >= 0.3 is 12.1 Å². The standard InChI is InChI=1S/C36H49N7O5/c1-36(2,3)48-35(45)39-19-6-20-47-29-14-7-25(8-15-29)22-41-34(44)43(31-17-16-30(31)32(46-5)24-38-4)28-12-10-27(11-13-28)42-33-18-9-26(21-37)23-40-33/h7-9,14-16,18,23-24,27-28,31,38H,6,10-13,17,19-20,22H2,1-5H3,(H,39,45)(H,40,42)(H,41,44)/b32-24-/t27?,28?,31-/m1/s1. The number of aromatic nitrogens is 1. The maximum absolute atomic E-state index is 13.9. The summed E-state index contributed by atoms with van der Waals surface area (Å²) in [4.78, 5) is 32.0. The number of nitrogens with one attached hydrogen (secondary N) is 4.